The summed E-state index contributed by atoms with van der Waals surface area (Å²) in [5, 5.41) is 13.4. The molecule has 3 N–H and O–H groups in total. The molecule has 0 radical (unpaired) electrons. The molecular weight excluding hydrogens is 164 g/mol. The number of aromatic amines is 1. The molecule has 0 aliphatic heterocycles. The SMILES string of the molecule is CCNCCCNCc1ccn[nH]1. The Hall–Kier alpha value is -0.870. The highest BCUT2D eigenvalue weighted by Gasteiger charge is 1.91. The standard InChI is InChI=1S/C9H18N4/c1-2-10-5-3-6-11-8-9-4-7-12-13-9/h4,7,10-11H,2-3,5-6,8H2,1H3,(H,12,13). The van der Waals surface area contributed by atoms with E-state index >= 15 is 0 Å². The van der Waals surface area contributed by atoms with Crippen LogP contribution in [-0.4, -0.2) is 29.8 Å². The summed E-state index contributed by atoms with van der Waals surface area (Å²) in [4.78, 5) is 0. The third kappa shape index (κ3) is 4.65. The monoisotopic (exact) mass is 182 g/mol. The maximum absolute atomic E-state index is 3.87. The molecule has 0 fully saturated rings. The van der Waals surface area contributed by atoms with Gasteiger partial charge in [0.2, 0.25) is 0 Å². The summed E-state index contributed by atoms with van der Waals surface area (Å²) in [5.74, 6) is 0. The molecule has 0 amide bonds. The first-order chi connectivity index (χ1) is 6.43. The third-order valence-electron chi connectivity index (χ3n) is 1.83. The van der Waals surface area contributed by atoms with Crippen LogP contribution in [0.25, 0.3) is 0 Å². The van der Waals surface area contributed by atoms with Crippen LogP contribution >= 0.6 is 0 Å². The van der Waals surface area contributed by atoms with Crippen LogP contribution in [0.4, 0.5) is 0 Å². The molecule has 0 aliphatic rings. The number of hydrogen-bond donors (Lipinski definition) is 3. The van der Waals surface area contributed by atoms with E-state index in [-0.39, 0.29) is 0 Å². The van der Waals surface area contributed by atoms with Crippen molar-refractivity contribution in [1.82, 2.24) is 20.8 Å². The summed E-state index contributed by atoms with van der Waals surface area (Å²) in [6, 6.07) is 1.98. The Kier molecular flexibility index (Phi) is 5.20. The Morgan fingerprint density at radius 2 is 2.23 bits per heavy atom. The van der Waals surface area contributed by atoms with Gasteiger partial charge in [-0.15, -0.1) is 0 Å². The molecule has 0 bridgehead atoms. The Bertz CT molecular complexity index is 195. The molecule has 0 atom stereocenters. The number of hydrogen-bond acceptors (Lipinski definition) is 3. The van der Waals surface area contributed by atoms with Crippen LogP contribution in [0.1, 0.15) is 19.0 Å². The first kappa shape index (κ1) is 10.2. The zero-order valence-corrected chi connectivity index (χ0v) is 8.14. The topological polar surface area (TPSA) is 52.7 Å². The zero-order valence-electron chi connectivity index (χ0n) is 8.14. The molecule has 0 aliphatic carbocycles. The molecule has 1 rings (SSSR count). The summed E-state index contributed by atoms with van der Waals surface area (Å²) in [6.07, 6.45) is 2.94. The van der Waals surface area contributed by atoms with Crippen molar-refractivity contribution < 1.29 is 0 Å². The van der Waals surface area contributed by atoms with E-state index < -0.39 is 0 Å². The fourth-order valence-electron chi connectivity index (χ4n) is 1.12. The molecule has 1 heterocycles. The zero-order chi connectivity index (χ0) is 9.36. The molecule has 0 saturated heterocycles. The van der Waals surface area contributed by atoms with E-state index in [1.54, 1.807) is 6.20 Å². The van der Waals surface area contributed by atoms with E-state index in [9.17, 15) is 0 Å². The highest BCUT2D eigenvalue weighted by molar-refractivity contribution is 4.96. The predicted molar refractivity (Wildman–Crippen MR) is 53.5 cm³/mol. The number of nitrogens with zero attached hydrogens (tertiary/aromatic N) is 1. The molecule has 0 spiro atoms. The fraction of sp³-hybridized carbons (Fsp3) is 0.667. The Balaban J connectivity index is 1.90. The molecule has 1 aromatic rings. The summed E-state index contributed by atoms with van der Waals surface area (Å²) in [5.41, 5.74) is 1.14. The summed E-state index contributed by atoms with van der Waals surface area (Å²) in [6.45, 7) is 6.20. The van der Waals surface area contributed by atoms with Gasteiger partial charge in [0.15, 0.2) is 0 Å². The Morgan fingerprint density at radius 1 is 1.38 bits per heavy atom. The quantitative estimate of drug-likeness (QED) is 0.538. The lowest BCUT2D eigenvalue weighted by Gasteiger charge is -2.03. The number of H-pyrrole nitrogens is 1. The summed E-state index contributed by atoms with van der Waals surface area (Å²) in [7, 11) is 0. The largest absolute Gasteiger partial charge is 0.317 e. The van der Waals surface area contributed by atoms with Crippen molar-refractivity contribution in [2.24, 2.45) is 0 Å². The Labute approximate surface area is 79.1 Å². The van der Waals surface area contributed by atoms with Crippen LogP contribution in [0.2, 0.25) is 0 Å². The van der Waals surface area contributed by atoms with Gasteiger partial charge in [0.25, 0.3) is 0 Å². The normalized spacial score (nSPS) is 10.5. The smallest absolute Gasteiger partial charge is 0.0490 e. The second-order valence-corrected chi connectivity index (χ2v) is 2.97. The van der Waals surface area contributed by atoms with E-state index in [4.69, 9.17) is 0 Å². The molecule has 0 unspecified atom stereocenters. The van der Waals surface area contributed by atoms with Crippen LogP contribution in [0.15, 0.2) is 12.3 Å². The maximum Gasteiger partial charge on any atom is 0.0490 e. The van der Waals surface area contributed by atoms with Crippen LogP contribution in [0, 0.1) is 0 Å². The molecule has 0 saturated carbocycles. The van der Waals surface area contributed by atoms with Crippen molar-refractivity contribution >= 4 is 0 Å². The third-order valence-corrected chi connectivity index (χ3v) is 1.83. The first-order valence-corrected chi connectivity index (χ1v) is 4.83. The molecule has 4 heteroatoms. The van der Waals surface area contributed by atoms with E-state index in [0.717, 1.165) is 31.9 Å². The van der Waals surface area contributed by atoms with Gasteiger partial charge in [-0.05, 0) is 32.1 Å². The predicted octanol–water partition coefficient (Wildman–Crippen LogP) is 0.499. The molecule has 4 nitrogen and oxygen atoms in total. The van der Waals surface area contributed by atoms with Crippen LogP contribution < -0.4 is 10.6 Å². The van der Waals surface area contributed by atoms with Gasteiger partial charge in [0.1, 0.15) is 0 Å². The molecule has 74 valence electrons. The van der Waals surface area contributed by atoms with E-state index in [1.165, 1.54) is 6.42 Å². The van der Waals surface area contributed by atoms with Crippen molar-refractivity contribution in [2.75, 3.05) is 19.6 Å². The minimum atomic E-state index is 0.881. The van der Waals surface area contributed by atoms with Gasteiger partial charge in [-0.25, -0.2) is 0 Å². The van der Waals surface area contributed by atoms with Gasteiger partial charge in [0.05, 0.1) is 0 Å². The van der Waals surface area contributed by atoms with Crippen LogP contribution in [0.3, 0.4) is 0 Å². The minimum Gasteiger partial charge on any atom is -0.317 e. The first-order valence-electron chi connectivity index (χ1n) is 4.83. The van der Waals surface area contributed by atoms with Crippen molar-refractivity contribution in [2.45, 2.75) is 19.9 Å². The van der Waals surface area contributed by atoms with Gasteiger partial charge in [-0.3, -0.25) is 5.10 Å². The van der Waals surface area contributed by atoms with Gasteiger partial charge in [-0.1, -0.05) is 6.92 Å². The lowest BCUT2D eigenvalue weighted by molar-refractivity contribution is 0.601. The van der Waals surface area contributed by atoms with Crippen LogP contribution in [0.5, 0.6) is 0 Å². The van der Waals surface area contributed by atoms with E-state index in [2.05, 4.69) is 27.8 Å². The van der Waals surface area contributed by atoms with Crippen molar-refractivity contribution in [3.8, 4) is 0 Å². The molecule has 13 heavy (non-hydrogen) atoms. The van der Waals surface area contributed by atoms with E-state index in [1.807, 2.05) is 6.07 Å². The average molecular weight is 182 g/mol. The maximum atomic E-state index is 3.87. The average Bonchev–Trinajstić information content (AvgIpc) is 2.63. The second-order valence-electron chi connectivity index (χ2n) is 2.97. The summed E-state index contributed by atoms with van der Waals surface area (Å²) >= 11 is 0. The van der Waals surface area contributed by atoms with Gasteiger partial charge < -0.3 is 10.6 Å². The van der Waals surface area contributed by atoms with Crippen molar-refractivity contribution in [3.05, 3.63) is 18.0 Å². The summed E-state index contributed by atoms with van der Waals surface area (Å²) < 4.78 is 0. The van der Waals surface area contributed by atoms with Crippen molar-refractivity contribution in [1.29, 1.82) is 0 Å². The lowest BCUT2D eigenvalue weighted by atomic mass is 10.4. The van der Waals surface area contributed by atoms with Gasteiger partial charge in [0, 0.05) is 18.4 Å². The van der Waals surface area contributed by atoms with E-state index in [0.29, 0.717) is 0 Å². The van der Waals surface area contributed by atoms with Gasteiger partial charge >= 0.3 is 0 Å². The molecule has 0 aromatic carbocycles. The highest BCUT2D eigenvalue weighted by Crippen LogP contribution is 1.89. The highest BCUT2D eigenvalue weighted by atomic mass is 15.1. The van der Waals surface area contributed by atoms with Crippen LogP contribution in [-0.2, 0) is 6.54 Å². The lowest BCUT2D eigenvalue weighted by Crippen LogP contribution is -2.21. The molecule has 1 aromatic heterocycles. The minimum absolute atomic E-state index is 0.881. The van der Waals surface area contributed by atoms with Gasteiger partial charge in [-0.2, -0.15) is 5.10 Å². The number of rotatable bonds is 7. The molecular formula is C9H18N4. The second kappa shape index (κ2) is 6.62. The number of aromatic nitrogens is 2. The van der Waals surface area contributed by atoms with Crippen molar-refractivity contribution in [3.63, 3.8) is 0 Å². The Morgan fingerprint density at radius 3 is 2.92 bits per heavy atom. The number of nitrogens with one attached hydrogen (secondary N) is 3. The fourth-order valence-corrected chi connectivity index (χ4v) is 1.12.